The second-order valence-corrected chi connectivity index (χ2v) is 22.0. The van der Waals surface area contributed by atoms with Gasteiger partial charge in [0.05, 0.1) is 55.3 Å². The minimum absolute atomic E-state index is 0.00319. The Morgan fingerprint density at radius 1 is 0.929 bits per heavy atom. The number of hydrogen-bond acceptors (Lipinski definition) is 16. The molecule has 10 rings (SSSR count). The molecule has 374 valence electrons. The van der Waals surface area contributed by atoms with Crippen molar-refractivity contribution >= 4 is 47.4 Å². The molecule has 6 saturated heterocycles. The topological polar surface area (TPSA) is 244 Å². The highest BCUT2D eigenvalue weighted by atomic mass is 32.2. The number of aliphatic hydroxyl groups excluding tert-OH is 1. The molecule has 2 aromatic rings. The maximum atomic E-state index is 14.1. The average Bonchev–Trinajstić information content (AvgIpc) is 4.18. The number of urea groups is 1. The fourth-order valence-corrected chi connectivity index (χ4v) is 14.8. The van der Waals surface area contributed by atoms with E-state index >= 15 is 0 Å². The van der Waals surface area contributed by atoms with Crippen LogP contribution < -0.4 is 16.0 Å². The zero-order valence-electron chi connectivity index (χ0n) is 39.5. The minimum Gasteiger partial charge on any atom is -0.459 e. The number of nitrogens with one attached hydrogen (secondary N) is 3. The molecule has 14 atom stereocenters. The molecule has 6 aliphatic heterocycles. The van der Waals surface area contributed by atoms with E-state index in [4.69, 9.17) is 33.2 Å². The summed E-state index contributed by atoms with van der Waals surface area (Å²) in [6.07, 6.45) is -3.62. The van der Waals surface area contributed by atoms with E-state index in [1.807, 2.05) is 32.5 Å². The predicted molar refractivity (Wildman–Crippen MR) is 246 cm³/mol. The number of hydrogen-bond donors (Lipinski definition) is 5. The van der Waals surface area contributed by atoms with Crippen LogP contribution >= 0.6 is 11.8 Å². The lowest BCUT2D eigenvalue weighted by Crippen LogP contribution is -2.67. The molecule has 19 heteroatoms. The van der Waals surface area contributed by atoms with Gasteiger partial charge in [-0.25, -0.2) is 14.4 Å². The van der Waals surface area contributed by atoms with Crippen LogP contribution in [-0.2, 0) is 58.9 Å². The molecule has 8 aliphatic rings. The molecular formula is C51H59N3O15S. The van der Waals surface area contributed by atoms with Crippen molar-refractivity contribution in [2.45, 2.75) is 126 Å². The van der Waals surface area contributed by atoms with Crippen LogP contribution in [0.5, 0.6) is 0 Å². The Kier molecular flexibility index (Phi) is 12.6. The summed E-state index contributed by atoms with van der Waals surface area (Å²) in [5.74, 6) is 2.44. The molecule has 0 radical (unpaired) electrons. The molecule has 2 aliphatic carbocycles. The van der Waals surface area contributed by atoms with Crippen molar-refractivity contribution in [3.05, 3.63) is 70.8 Å². The molecule has 70 heavy (non-hydrogen) atoms. The summed E-state index contributed by atoms with van der Waals surface area (Å²) in [5.41, 5.74) is -6.30. The van der Waals surface area contributed by atoms with E-state index < -0.39 is 87.9 Å². The number of esters is 3. The fourth-order valence-electron chi connectivity index (χ4n) is 13.2. The third-order valence-electron chi connectivity index (χ3n) is 16.2. The molecule has 0 aromatic heterocycles. The zero-order chi connectivity index (χ0) is 49.4. The highest BCUT2D eigenvalue weighted by Gasteiger charge is 3.04. The number of thioether (sulfide) groups is 1. The van der Waals surface area contributed by atoms with E-state index in [0.29, 0.717) is 60.3 Å². The number of rotatable bonds is 17. The molecule has 18 nitrogen and oxygen atoms in total. The van der Waals surface area contributed by atoms with E-state index in [2.05, 4.69) is 27.8 Å². The predicted octanol–water partition coefficient (Wildman–Crippen LogP) is 2.31. The molecule has 6 heterocycles. The van der Waals surface area contributed by atoms with Crippen LogP contribution in [-0.4, -0.2) is 144 Å². The molecule has 5 N–H and O–H groups in total. The first-order valence-corrected chi connectivity index (χ1v) is 25.2. The van der Waals surface area contributed by atoms with Gasteiger partial charge in [-0.15, -0.1) is 0 Å². The Bertz CT molecular complexity index is 2510. The van der Waals surface area contributed by atoms with Crippen LogP contribution in [0.25, 0.3) is 0 Å². The second kappa shape index (κ2) is 18.2. The number of aliphatic hydroxyl groups is 2. The summed E-state index contributed by atoms with van der Waals surface area (Å²) in [6.45, 7) is 8.88. The van der Waals surface area contributed by atoms with Crippen LogP contribution in [0.15, 0.2) is 48.5 Å². The molecule has 2 saturated carbocycles. The summed E-state index contributed by atoms with van der Waals surface area (Å²) in [6, 6.07) is 14.0. The first-order chi connectivity index (χ1) is 33.5. The highest BCUT2D eigenvalue weighted by Crippen LogP contribution is 2.85. The lowest BCUT2D eigenvalue weighted by Gasteiger charge is -2.48. The largest absolute Gasteiger partial charge is 0.459 e. The van der Waals surface area contributed by atoms with Crippen LogP contribution in [0, 0.1) is 39.9 Å². The standard InChI is InChI=1S/C51H59N3O15S/c1-27-42(58)67-40-39(57)49-35-24-34(47(2,3)4)48(49)41(43(59)68-45(48)69-51(49,44(60)66-35)50(27,40)62)65-25-29-13-17-31(18-14-29)38(56)30-15-11-28(12-16-30)8-7-20-63-22-23-64-21-19-52-36(55)10-6-5-9-33-37-32(26-70-33)53-46(61)54-37/h11-18,27,32-35,37,39-41,45,57,62H,5-6,9-10,19-26H2,1-4H3,(H,52,55)(H2,53,54,61)/t27-,32+,33+,34+,35-,37+,39+,40+,41+,45+,48+,49+,50-,51-/m1/s1. The van der Waals surface area contributed by atoms with Crippen LogP contribution in [0.1, 0.15) is 86.8 Å². The average molecular weight is 986 g/mol. The van der Waals surface area contributed by atoms with Gasteiger partial charge >= 0.3 is 23.9 Å². The Morgan fingerprint density at radius 2 is 1.66 bits per heavy atom. The van der Waals surface area contributed by atoms with Crippen LogP contribution in [0.3, 0.4) is 0 Å². The third kappa shape index (κ3) is 7.21. The SMILES string of the molecule is C[C@@H]1C(=O)O[C@H]2[C@H](O)[C@@]34[C@H]5C[C@@H](C(C)(C)C)[C@]36[C@@H](OC(=O)[C@@H]6OCc3ccc(C(=O)c6ccc(C#CCOCCOCCNC(=O)CCCC[C@@H]7SC[C@@H]8NC(=O)N[C@@H]87)cc6)cc3)O[C@@]4(C(=O)O5)[C@@]12O. The van der Waals surface area contributed by atoms with Gasteiger partial charge in [-0.2, -0.15) is 11.8 Å². The molecular weight excluding hydrogens is 927 g/mol. The molecule has 3 amide bonds. The third-order valence-corrected chi connectivity index (χ3v) is 17.7. The van der Waals surface area contributed by atoms with Gasteiger partial charge in [0.2, 0.25) is 17.8 Å². The lowest BCUT2D eigenvalue weighted by molar-refractivity contribution is -0.240. The Morgan fingerprint density at radius 3 is 2.40 bits per heavy atom. The Balaban J connectivity index is 0.682. The Labute approximate surface area is 409 Å². The van der Waals surface area contributed by atoms with Crippen molar-refractivity contribution in [2.24, 2.45) is 28.1 Å². The van der Waals surface area contributed by atoms with Gasteiger partial charge in [0, 0.05) is 40.7 Å². The first-order valence-electron chi connectivity index (χ1n) is 24.2. The van der Waals surface area contributed by atoms with Crippen molar-refractivity contribution < 1.29 is 72.1 Å². The van der Waals surface area contributed by atoms with Crippen molar-refractivity contribution in [3.8, 4) is 11.8 Å². The van der Waals surface area contributed by atoms with Crippen molar-refractivity contribution in [2.75, 3.05) is 38.7 Å². The van der Waals surface area contributed by atoms with E-state index in [0.717, 1.165) is 25.0 Å². The van der Waals surface area contributed by atoms with Crippen molar-refractivity contribution in [1.82, 2.24) is 16.0 Å². The first kappa shape index (κ1) is 48.6. The quantitative estimate of drug-likeness (QED) is 0.0382. The van der Waals surface area contributed by atoms with Gasteiger partial charge in [0.1, 0.15) is 18.8 Å². The number of carbonyl (C=O) groups excluding carboxylic acids is 6. The molecule has 2 aromatic carbocycles. The number of fused-ring (bicyclic) bond motifs is 2. The summed E-state index contributed by atoms with van der Waals surface area (Å²) in [4.78, 5) is 78.2. The molecule has 8 fully saturated rings. The van der Waals surface area contributed by atoms with Gasteiger partial charge < -0.3 is 59.3 Å². The van der Waals surface area contributed by atoms with Crippen molar-refractivity contribution in [1.29, 1.82) is 0 Å². The Hall–Kier alpha value is -5.07. The number of ketones is 1. The molecule has 2 spiro atoms. The highest BCUT2D eigenvalue weighted by molar-refractivity contribution is 8.00. The fraction of sp³-hybridized carbons (Fsp3) is 0.608. The summed E-state index contributed by atoms with van der Waals surface area (Å²) in [5, 5.41) is 34.0. The van der Waals surface area contributed by atoms with E-state index in [9.17, 15) is 39.0 Å². The zero-order valence-corrected chi connectivity index (χ0v) is 40.3. The smallest absolute Gasteiger partial charge is 0.343 e. The van der Waals surface area contributed by atoms with E-state index in [1.165, 1.54) is 6.92 Å². The van der Waals surface area contributed by atoms with Gasteiger partial charge in [0.15, 0.2) is 23.6 Å². The number of benzene rings is 2. The number of ether oxygens (including phenoxy) is 7. The van der Waals surface area contributed by atoms with E-state index in [-0.39, 0.29) is 49.4 Å². The summed E-state index contributed by atoms with van der Waals surface area (Å²) in [7, 11) is 0. The minimum atomic E-state index is -2.32. The van der Waals surface area contributed by atoms with Gasteiger partial charge in [-0.1, -0.05) is 63.3 Å². The second-order valence-electron chi connectivity index (χ2n) is 20.7. The lowest BCUT2D eigenvalue weighted by atomic mass is 9.51. The van der Waals surface area contributed by atoms with Gasteiger partial charge in [-0.05, 0) is 67.3 Å². The molecule has 0 bridgehead atoms. The number of unbranched alkanes of at least 4 members (excludes halogenated alkanes) is 1. The van der Waals surface area contributed by atoms with Crippen LogP contribution in [0.4, 0.5) is 4.79 Å². The number of amides is 3. The maximum Gasteiger partial charge on any atom is 0.343 e. The van der Waals surface area contributed by atoms with Gasteiger partial charge in [0.25, 0.3) is 0 Å². The molecule has 0 unspecified atom stereocenters. The number of carbonyl (C=O) groups is 6. The van der Waals surface area contributed by atoms with Crippen LogP contribution in [0.2, 0.25) is 0 Å². The normalized spacial score (nSPS) is 37.0. The monoisotopic (exact) mass is 985 g/mol. The van der Waals surface area contributed by atoms with E-state index in [1.54, 1.807) is 48.5 Å². The van der Waals surface area contributed by atoms with Gasteiger partial charge in [-0.3, -0.25) is 14.4 Å². The van der Waals surface area contributed by atoms with Crippen molar-refractivity contribution in [3.63, 3.8) is 0 Å². The summed E-state index contributed by atoms with van der Waals surface area (Å²) < 4.78 is 41.6. The maximum absolute atomic E-state index is 14.1. The summed E-state index contributed by atoms with van der Waals surface area (Å²) >= 11 is 1.88.